The minimum atomic E-state index is -4.34. The number of halogens is 1. The van der Waals surface area contributed by atoms with E-state index in [9.17, 15) is 21.4 Å². The van der Waals surface area contributed by atoms with Gasteiger partial charge in [-0.25, -0.2) is 8.42 Å². The second kappa shape index (κ2) is 12.5. The van der Waals surface area contributed by atoms with Crippen LogP contribution in [-0.4, -0.2) is 51.1 Å². The molecule has 1 aliphatic rings. The van der Waals surface area contributed by atoms with Gasteiger partial charge in [0, 0.05) is 28.6 Å². The van der Waals surface area contributed by atoms with Crippen molar-refractivity contribution in [2.24, 2.45) is 0 Å². The second-order valence-electron chi connectivity index (χ2n) is 8.03. The van der Waals surface area contributed by atoms with Crippen molar-refractivity contribution in [2.45, 2.75) is 24.3 Å². The molecule has 1 N–H and O–H groups in total. The molecule has 4 rings (SSSR count). The molecular formula is C22H23ClN2NaO7S4+. The molecule has 0 atom stereocenters. The summed E-state index contributed by atoms with van der Waals surface area (Å²) in [6, 6.07) is 11.1. The molecule has 0 unspecified atom stereocenters. The smallest absolute Gasteiger partial charge is 0.748 e. The summed E-state index contributed by atoms with van der Waals surface area (Å²) < 4.78 is 73.5. The number of fused-ring (bicyclic) bond motifs is 2. The SMILES string of the molecule is COc1ccc2sc(C=C3Sc4ccc(Cl)cc4N3CCCS(=O)(=O)O)[n+](CCCS(=O)(=O)[O-])c2c1.[Na+]. The summed E-state index contributed by atoms with van der Waals surface area (Å²) in [4.78, 5) is 2.90. The van der Waals surface area contributed by atoms with Crippen molar-refractivity contribution in [1.29, 1.82) is 0 Å². The van der Waals surface area contributed by atoms with Gasteiger partial charge in [0.2, 0.25) is 5.52 Å². The number of thiazole rings is 1. The van der Waals surface area contributed by atoms with Crippen LogP contribution in [0.25, 0.3) is 16.3 Å². The van der Waals surface area contributed by atoms with E-state index in [1.807, 2.05) is 39.8 Å². The van der Waals surface area contributed by atoms with Crippen LogP contribution in [0.5, 0.6) is 5.75 Å². The fraction of sp³-hybridized carbons (Fsp3) is 0.318. The molecule has 0 bridgehead atoms. The molecule has 0 spiro atoms. The number of hydrogen-bond acceptors (Lipinski definition) is 9. The summed E-state index contributed by atoms with van der Waals surface area (Å²) >= 11 is 9.23. The van der Waals surface area contributed by atoms with Crippen molar-refractivity contribution in [2.75, 3.05) is 30.1 Å². The van der Waals surface area contributed by atoms with Crippen LogP contribution >= 0.6 is 34.7 Å². The third kappa shape index (κ3) is 8.07. The standard InChI is InChI=1S/C22H23ClN2O7S4.Na/c1-32-16-5-7-20-18(13-16)25(9-3-11-36(29,30)31)22(34-20)14-21-24(8-2-10-35(26,27)28)17-12-15(23)4-6-19(17)33-21;/h4-7,12-14H,2-3,8-11H2,1H3,(H-,26,27,28,29,30,31);/q;+1. The third-order valence-corrected chi connectivity index (χ3v) is 9.49. The first-order valence-corrected chi connectivity index (χ1v) is 16.0. The van der Waals surface area contributed by atoms with Gasteiger partial charge < -0.3 is 14.2 Å². The van der Waals surface area contributed by atoms with Crippen molar-refractivity contribution in [3.63, 3.8) is 0 Å². The number of ether oxygens (including phenoxy) is 1. The monoisotopic (exact) mass is 613 g/mol. The zero-order valence-electron chi connectivity index (χ0n) is 20.1. The summed E-state index contributed by atoms with van der Waals surface area (Å²) in [5, 5.41) is 2.19. The van der Waals surface area contributed by atoms with E-state index in [2.05, 4.69) is 0 Å². The topological polar surface area (TPSA) is 128 Å². The van der Waals surface area contributed by atoms with Gasteiger partial charge in [-0.15, -0.1) is 0 Å². The molecule has 0 fully saturated rings. The van der Waals surface area contributed by atoms with E-state index in [1.165, 1.54) is 23.1 Å². The van der Waals surface area contributed by atoms with E-state index in [4.69, 9.17) is 20.9 Å². The van der Waals surface area contributed by atoms with E-state index in [1.54, 1.807) is 19.2 Å². The Morgan fingerprint density at radius 2 is 1.89 bits per heavy atom. The van der Waals surface area contributed by atoms with Crippen molar-refractivity contribution in [3.05, 3.63) is 51.5 Å². The predicted molar refractivity (Wildman–Crippen MR) is 141 cm³/mol. The average Bonchev–Trinajstić information content (AvgIpc) is 3.29. The summed E-state index contributed by atoms with van der Waals surface area (Å²) in [5.41, 5.74) is 1.68. The molecule has 0 radical (unpaired) electrons. The Morgan fingerprint density at radius 3 is 2.57 bits per heavy atom. The Labute approximate surface area is 251 Å². The maximum absolute atomic E-state index is 11.3. The number of aryl methyl sites for hydroxylation is 1. The van der Waals surface area contributed by atoms with Gasteiger partial charge in [0.25, 0.3) is 15.1 Å². The molecule has 2 heterocycles. The number of thioether (sulfide) groups is 1. The van der Waals surface area contributed by atoms with Crippen LogP contribution in [-0.2, 0) is 26.8 Å². The summed E-state index contributed by atoms with van der Waals surface area (Å²) in [6.07, 6.45) is 2.30. The van der Waals surface area contributed by atoms with Crippen molar-refractivity contribution in [3.8, 4) is 5.75 Å². The molecule has 1 aliphatic heterocycles. The van der Waals surface area contributed by atoms with E-state index in [0.29, 0.717) is 23.9 Å². The van der Waals surface area contributed by atoms with E-state index >= 15 is 0 Å². The molecule has 1 aromatic heterocycles. The number of rotatable bonds is 10. The molecule has 0 aliphatic carbocycles. The van der Waals surface area contributed by atoms with E-state index in [0.717, 1.165) is 30.8 Å². The number of aromatic nitrogens is 1. The van der Waals surface area contributed by atoms with Crippen LogP contribution in [0.1, 0.15) is 17.8 Å². The van der Waals surface area contributed by atoms with Crippen LogP contribution in [0.2, 0.25) is 5.02 Å². The molecule has 3 aromatic rings. The first-order valence-electron chi connectivity index (χ1n) is 10.8. The fourth-order valence-electron chi connectivity index (χ4n) is 3.87. The van der Waals surface area contributed by atoms with Gasteiger partial charge in [-0.1, -0.05) is 34.7 Å². The van der Waals surface area contributed by atoms with Gasteiger partial charge in [-0.2, -0.15) is 13.0 Å². The largest absolute Gasteiger partial charge is 1.00 e. The minimum Gasteiger partial charge on any atom is -0.748 e. The zero-order valence-corrected chi connectivity index (χ0v) is 26.1. The minimum absolute atomic E-state index is 0. The summed E-state index contributed by atoms with van der Waals surface area (Å²) in [7, 11) is -6.88. The molecule has 0 saturated heterocycles. The predicted octanol–water partition coefficient (Wildman–Crippen LogP) is 0.979. The normalized spacial score (nSPS) is 14.7. The Kier molecular flexibility index (Phi) is 10.4. The first-order chi connectivity index (χ1) is 16.9. The van der Waals surface area contributed by atoms with Gasteiger partial charge in [0.1, 0.15) is 10.4 Å². The Hall–Kier alpha value is -0.870. The van der Waals surface area contributed by atoms with Crippen molar-refractivity contribution in [1.82, 2.24) is 0 Å². The quantitative estimate of drug-likeness (QED) is 0.202. The van der Waals surface area contributed by atoms with E-state index < -0.39 is 26.0 Å². The van der Waals surface area contributed by atoms with Crippen LogP contribution < -0.4 is 43.8 Å². The van der Waals surface area contributed by atoms with Gasteiger partial charge >= 0.3 is 29.6 Å². The van der Waals surface area contributed by atoms with Crippen LogP contribution in [0, 0.1) is 0 Å². The van der Waals surface area contributed by atoms with Gasteiger partial charge in [0.05, 0.1) is 45.8 Å². The number of anilines is 1. The molecule has 194 valence electrons. The number of methoxy groups -OCH3 is 1. The molecule has 37 heavy (non-hydrogen) atoms. The Balaban J connectivity index is 0.00000380. The number of nitrogens with zero attached hydrogens (tertiary/aromatic N) is 2. The van der Waals surface area contributed by atoms with Crippen molar-refractivity contribution < 1.29 is 64.8 Å². The number of benzene rings is 2. The fourth-order valence-corrected chi connectivity index (χ4v) is 7.30. The van der Waals surface area contributed by atoms with E-state index in [-0.39, 0.29) is 48.2 Å². The summed E-state index contributed by atoms with van der Waals surface area (Å²) in [5.74, 6) is -0.199. The average molecular weight is 614 g/mol. The van der Waals surface area contributed by atoms with Gasteiger partial charge in [-0.05, 0) is 36.8 Å². The second-order valence-corrected chi connectivity index (χ2v) is 13.7. The molecule has 9 nitrogen and oxygen atoms in total. The maximum Gasteiger partial charge on any atom is 1.00 e. The number of hydrogen-bond donors (Lipinski definition) is 1. The maximum atomic E-state index is 11.3. The molecule has 0 saturated carbocycles. The van der Waals surface area contributed by atoms with Gasteiger partial charge in [-0.3, -0.25) is 4.55 Å². The molecule has 15 heteroatoms. The molecule has 0 amide bonds. The molecule has 2 aromatic carbocycles. The zero-order chi connectivity index (χ0) is 26.1. The Morgan fingerprint density at radius 1 is 1.14 bits per heavy atom. The van der Waals surface area contributed by atoms with Gasteiger partial charge in [0.15, 0.2) is 6.54 Å². The third-order valence-electron chi connectivity index (χ3n) is 5.44. The Bertz CT molecular complexity index is 1540. The molecular weight excluding hydrogens is 591 g/mol. The summed E-state index contributed by atoms with van der Waals surface area (Å²) in [6.45, 7) is 0.638. The van der Waals surface area contributed by atoms with Crippen LogP contribution in [0.15, 0.2) is 46.3 Å². The van der Waals surface area contributed by atoms with Crippen molar-refractivity contribution >= 4 is 76.9 Å². The van der Waals surface area contributed by atoms with Crippen LogP contribution in [0.3, 0.4) is 0 Å². The first kappa shape index (κ1) is 30.7. The van der Waals surface area contributed by atoms with Crippen LogP contribution in [0.4, 0.5) is 5.69 Å².